The molecule has 1 aliphatic carbocycles. The van der Waals surface area contributed by atoms with Gasteiger partial charge in [0.05, 0.1) is 17.7 Å². The Hall–Kier alpha value is -3.92. The fourth-order valence-electron chi connectivity index (χ4n) is 4.88. The minimum Gasteiger partial charge on any atom is -0.497 e. The van der Waals surface area contributed by atoms with Gasteiger partial charge in [-0.3, -0.25) is 13.9 Å². The van der Waals surface area contributed by atoms with Crippen molar-refractivity contribution in [2.24, 2.45) is 0 Å². The summed E-state index contributed by atoms with van der Waals surface area (Å²) in [6.45, 7) is 2.93. The molecule has 0 aliphatic heterocycles. The first-order chi connectivity index (χ1) is 19.6. The number of halogens is 1. The number of ether oxygens (including phenoxy) is 1. The molecule has 0 unspecified atom stereocenters. The number of carbonyl (C=O) groups is 2. The van der Waals surface area contributed by atoms with Gasteiger partial charge in [-0.1, -0.05) is 42.7 Å². The summed E-state index contributed by atoms with van der Waals surface area (Å²) in [6, 6.07) is 17.6. The molecule has 0 radical (unpaired) electrons. The average molecular weight is 582 g/mol. The van der Waals surface area contributed by atoms with Crippen molar-refractivity contribution in [3.05, 3.63) is 89.7 Å². The molecule has 218 valence electrons. The highest BCUT2D eigenvalue weighted by molar-refractivity contribution is 7.92. The highest BCUT2D eigenvalue weighted by atomic mass is 32.2. The number of nitrogens with zero attached hydrogens (tertiary/aromatic N) is 2. The quantitative estimate of drug-likeness (QED) is 0.351. The van der Waals surface area contributed by atoms with Crippen LogP contribution >= 0.6 is 0 Å². The van der Waals surface area contributed by atoms with Gasteiger partial charge in [0.25, 0.3) is 10.0 Å². The molecule has 41 heavy (non-hydrogen) atoms. The minimum absolute atomic E-state index is 0.000597. The SMILES string of the molecule is COc1ccc(N(CC(=O)N(Cc2ccc(F)cc2)[C@H](C)C(=O)NC2CCCC2)S(=O)(=O)c2ccc(C)cc2)cc1. The summed E-state index contributed by atoms with van der Waals surface area (Å²) in [5.41, 5.74) is 1.77. The van der Waals surface area contributed by atoms with Gasteiger partial charge in [0.15, 0.2) is 0 Å². The van der Waals surface area contributed by atoms with Gasteiger partial charge in [0.2, 0.25) is 11.8 Å². The lowest BCUT2D eigenvalue weighted by atomic mass is 10.1. The van der Waals surface area contributed by atoms with Crippen LogP contribution < -0.4 is 14.4 Å². The van der Waals surface area contributed by atoms with Gasteiger partial charge in [-0.05, 0) is 80.8 Å². The van der Waals surface area contributed by atoms with Crippen LogP contribution in [0.25, 0.3) is 0 Å². The number of aryl methyl sites for hydroxylation is 1. The summed E-state index contributed by atoms with van der Waals surface area (Å²) in [6.07, 6.45) is 3.82. The largest absolute Gasteiger partial charge is 0.497 e. The molecule has 2 amide bonds. The van der Waals surface area contributed by atoms with Crippen molar-refractivity contribution < 1.29 is 27.1 Å². The number of hydrogen-bond donors (Lipinski definition) is 1. The molecule has 0 saturated heterocycles. The van der Waals surface area contributed by atoms with Gasteiger partial charge in [-0.15, -0.1) is 0 Å². The maximum atomic E-state index is 14.0. The Kier molecular flexibility index (Phi) is 9.65. The molecule has 1 N–H and O–H groups in total. The van der Waals surface area contributed by atoms with Crippen molar-refractivity contribution in [1.29, 1.82) is 0 Å². The Morgan fingerprint density at radius 1 is 0.976 bits per heavy atom. The van der Waals surface area contributed by atoms with Gasteiger partial charge in [0, 0.05) is 12.6 Å². The second kappa shape index (κ2) is 13.2. The maximum absolute atomic E-state index is 14.0. The molecule has 0 aromatic heterocycles. The standard InChI is InChI=1S/C31H36FN3O5S/c1-22-8-18-29(19-9-22)41(38,39)35(27-14-16-28(40-3)17-15-27)21-30(36)34(20-24-10-12-25(32)13-11-24)23(2)31(37)33-26-6-4-5-7-26/h8-19,23,26H,4-7,20-21H2,1-3H3,(H,33,37)/t23-/m1/s1. The average Bonchev–Trinajstić information content (AvgIpc) is 3.48. The molecule has 3 aromatic rings. The zero-order valence-electron chi connectivity index (χ0n) is 23.5. The monoisotopic (exact) mass is 581 g/mol. The van der Waals surface area contributed by atoms with Crippen molar-refractivity contribution in [3.63, 3.8) is 0 Å². The lowest BCUT2D eigenvalue weighted by Crippen LogP contribution is -2.52. The Bertz CT molecular complexity index is 1440. The highest BCUT2D eigenvalue weighted by Gasteiger charge is 2.33. The maximum Gasteiger partial charge on any atom is 0.264 e. The summed E-state index contributed by atoms with van der Waals surface area (Å²) in [7, 11) is -2.66. The number of methoxy groups -OCH3 is 1. The van der Waals surface area contributed by atoms with E-state index in [0.717, 1.165) is 35.6 Å². The van der Waals surface area contributed by atoms with E-state index in [0.29, 0.717) is 11.3 Å². The van der Waals surface area contributed by atoms with E-state index in [4.69, 9.17) is 4.74 Å². The fraction of sp³-hybridized carbons (Fsp3) is 0.355. The molecular weight excluding hydrogens is 545 g/mol. The second-order valence-electron chi connectivity index (χ2n) is 10.3. The smallest absolute Gasteiger partial charge is 0.264 e. The summed E-state index contributed by atoms with van der Waals surface area (Å²) in [4.78, 5) is 28.6. The van der Waals surface area contributed by atoms with Crippen molar-refractivity contribution in [2.75, 3.05) is 18.0 Å². The predicted molar refractivity (Wildman–Crippen MR) is 156 cm³/mol. The molecule has 10 heteroatoms. The number of benzene rings is 3. The molecule has 8 nitrogen and oxygen atoms in total. The molecule has 3 aromatic carbocycles. The van der Waals surface area contributed by atoms with E-state index in [1.54, 1.807) is 55.5 Å². The van der Waals surface area contributed by atoms with Crippen molar-refractivity contribution in [2.45, 2.75) is 63.1 Å². The van der Waals surface area contributed by atoms with Crippen LogP contribution in [0.4, 0.5) is 10.1 Å². The van der Waals surface area contributed by atoms with Crippen LogP contribution in [0.3, 0.4) is 0 Å². The van der Waals surface area contributed by atoms with Crippen LogP contribution in [0, 0.1) is 12.7 Å². The molecule has 1 saturated carbocycles. The third-order valence-corrected chi connectivity index (χ3v) is 9.17. The van der Waals surface area contributed by atoms with Gasteiger partial charge < -0.3 is 15.0 Å². The van der Waals surface area contributed by atoms with Crippen LogP contribution in [0.15, 0.2) is 77.7 Å². The Morgan fingerprint density at radius 3 is 2.17 bits per heavy atom. The molecule has 1 atom stereocenters. The third-order valence-electron chi connectivity index (χ3n) is 7.38. The predicted octanol–water partition coefficient (Wildman–Crippen LogP) is 4.81. The number of carbonyl (C=O) groups excluding carboxylic acids is 2. The van der Waals surface area contributed by atoms with E-state index in [1.165, 1.54) is 36.3 Å². The zero-order valence-corrected chi connectivity index (χ0v) is 24.4. The number of nitrogens with one attached hydrogen (secondary N) is 1. The van der Waals surface area contributed by atoms with Crippen molar-refractivity contribution in [1.82, 2.24) is 10.2 Å². The van der Waals surface area contributed by atoms with E-state index < -0.39 is 34.3 Å². The van der Waals surface area contributed by atoms with E-state index in [2.05, 4.69) is 5.32 Å². The number of sulfonamides is 1. The van der Waals surface area contributed by atoms with Gasteiger partial charge in [-0.2, -0.15) is 0 Å². The summed E-state index contributed by atoms with van der Waals surface area (Å²) >= 11 is 0. The summed E-state index contributed by atoms with van der Waals surface area (Å²) in [5.74, 6) is -0.781. The highest BCUT2D eigenvalue weighted by Crippen LogP contribution is 2.27. The van der Waals surface area contributed by atoms with Gasteiger partial charge >= 0.3 is 0 Å². The topological polar surface area (TPSA) is 96.0 Å². The lowest BCUT2D eigenvalue weighted by molar-refractivity contribution is -0.139. The number of amides is 2. The molecule has 0 spiro atoms. The van der Waals surface area contributed by atoms with E-state index in [-0.39, 0.29) is 29.1 Å². The zero-order chi connectivity index (χ0) is 29.6. The van der Waals surface area contributed by atoms with Crippen LogP contribution in [0.5, 0.6) is 5.75 Å². The molecule has 0 bridgehead atoms. The lowest BCUT2D eigenvalue weighted by Gasteiger charge is -2.32. The molecule has 1 fully saturated rings. The normalized spacial score (nSPS) is 14.3. The van der Waals surface area contributed by atoms with Crippen molar-refractivity contribution >= 4 is 27.5 Å². The first-order valence-corrected chi connectivity index (χ1v) is 15.1. The Labute approximate surface area is 241 Å². The van der Waals surface area contributed by atoms with Gasteiger partial charge in [0.1, 0.15) is 24.2 Å². The Morgan fingerprint density at radius 2 is 1.59 bits per heavy atom. The van der Waals surface area contributed by atoms with Crippen LogP contribution in [-0.2, 0) is 26.2 Å². The van der Waals surface area contributed by atoms with Gasteiger partial charge in [-0.25, -0.2) is 12.8 Å². The number of hydrogen-bond acceptors (Lipinski definition) is 5. The minimum atomic E-state index is -4.17. The first-order valence-electron chi connectivity index (χ1n) is 13.7. The summed E-state index contributed by atoms with van der Waals surface area (Å²) in [5, 5.41) is 3.03. The second-order valence-corrected chi connectivity index (χ2v) is 12.2. The van der Waals surface area contributed by atoms with E-state index >= 15 is 0 Å². The Balaban J connectivity index is 1.68. The molecule has 4 rings (SSSR count). The summed E-state index contributed by atoms with van der Waals surface area (Å²) < 4.78 is 47.6. The van der Waals surface area contributed by atoms with Crippen LogP contribution in [-0.4, -0.2) is 50.9 Å². The number of anilines is 1. The van der Waals surface area contributed by atoms with Crippen molar-refractivity contribution in [3.8, 4) is 5.75 Å². The molecule has 0 heterocycles. The first kappa shape index (κ1) is 30.0. The van der Waals surface area contributed by atoms with Crippen LogP contribution in [0.2, 0.25) is 0 Å². The number of rotatable bonds is 11. The van der Waals surface area contributed by atoms with E-state index in [9.17, 15) is 22.4 Å². The molecule has 1 aliphatic rings. The van der Waals surface area contributed by atoms with Crippen LogP contribution in [0.1, 0.15) is 43.7 Å². The fourth-order valence-corrected chi connectivity index (χ4v) is 6.29. The van der Waals surface area contributed by atoms with E-state index in [1.807, 2.05) is 6.92 Å². The third kappa shape index (κ3) is 7.43. The molecular formula is C31H36FN3O5S.